The second kappa shape index (κ2) is 7.46. The molecule has 0 bridgehead atoms. The van der Waals surface area contributed by atoms with E-state index in [-0.39, 0.29) is 5.78 Å². The lowest BCUT2D eigenvalue weighted by Crippen LogP contribution is -2.49. The zero-order valence-corrected chi connectivity index (χ0v) is 17.3. The number of sulfonamides is 1. The Morgan fingerprint density at radius 3 is 2.43 bits per heavy atom. The molecule has 7 heteroatoms. The van der Waals surface area contributed by atoms with Crippen molar-refractivity contribution in [3.63, 3.8) is 0 Å². The van der Waals surface area contributed by atoms with Crippen LogP contribution in [0.15, 0.2) is 29.2 Å². The normalized spacial score (nSPS) is 18.4. The molecule has 2 aromatic rings. The highest BCUT2D eigenvalue weighted by molar-refractivity contribution is 7.89. The van der Waals surface area contributed by atoms with E-state index in [1.807, 2.05) is 36.9 Å². The van der Waals surface area contributed by atoms with Crippen molar-refractivity contribution in [3.05, 3.63) is 52.3 Å². The van der Waals surface area contributed by atoms with Gasteiger partial charge in [0.05, 0.1) is 11.4 Å². The molecular formula is C21H27N3O3S. The number of nitrogens with zero attached hydrogens (tertiary/aromatic N) is 2. The number of rotatable bonds is 5. The first-order chi connectivity index (χ1) is 13.3. The number of benzene rings is 1. The minimum Gasteiger partial charge on any atom is -0.362 e. The van der Waals surface area contributed by atoms with Gasteiger partial charge in [0.15, 0.2) is 5.78 Å². The highest BCUT2D eigenvalue weighted by Crippen LogP contribution is 2.26. The Kier molecular flexibility index (Phi) is 5.16. The molecule has 6 nitrogen and oxygen atoms in total. The number of carbonyl (C=O) groups excluding carboxylic acids is 1. The quantitative estimate of drug-likeness (QED) is 0.781. The molecule has 1 aromatic carbocycles. The van der Waals surface area contributed by atoms with Crippen LogP contribution in [0.3, 0.4) is 0 Å². The Morgan fingerprint density at radius 2 is 1.75 bits per heavy atom. The molecule has 1 aliphatic heterocycles. The van der Waals surface area contributed by atoms with E-state index >= 15 is 0 Å². The number of piperazine rings is 1. The summed E-state index contributed by atoms with van der Waals surface area (Å²) in [5, 5.41) is 0. The van der Waals surface area contributed by atoms with Crippen LogP contribution in [0.4, 0.5) is 0 Å². The summed E-state index contributed by atoms with van der Waals surface area (Å²) in [4.78, 5) is 18.2. The van der Waals surface area contributed by atoms with Crippen LogP contribution in [0.2, 0.25) is 0 Å². The van der Waals surface area contributed by atoms with Crippen LogP contribution in [0, 0.1) is 13.8 Å². The van der Waals surface area contributed by atoms with Crippen molar-refractivity contribution in [2.75, 3.05) is 32.7 Å². The topological polar surface area (TPSA) is 73.5 Å². The number of hydrogen-bond acceptors (Lipinski definition) is 4. The third-order valence-electron chi connectivity index (χ3n) is 5.86. The number of hydrogen-bond donors (Lipinski definition) is 1. The summed E-state index contributed by atoms with van der Waals surface area (Å²) < 4.78 is 27.6. The van der Waals surface area contributed by atoms with Crippen LogP contribution < -0.4 is 0 Å². The van der Waals surface area contributed by atoms with Crippen LogP contribution in [-0.4, -0.2) is 61.1 Å². The zero-order chi connectivity index (χ0) is 19.9. The fourth-order valence-electron chi connectivity index (χ4n) is 4.29. The lowest BCUT2D eigenvalue weighted by Gasteiger charge is -2.33. The van der Waals surface area contributed by atoms with Gasteiger partial charge in [-0.2, -0.15) is 4.31 Å². The molecule has 2 heterocycles. The number of nitrogens with one attached hydrogen (secondary N) is 1. The number of carbonyl (C=O) groups is 1. The molecule has 0 radical (unpaired) electrons. The number of aromatic nitrogens is 1. The third-order valence-corrected chi connectivity index (χ3v) is 7.75. The molecule has 28 heavy (non-hydrogen) atoms. The summed E-state index contributed by atoms with van der Waals surface area (Å²) in [6.07, 6.45) is 3.11. The van der Waals surface area contributed by atoms with Gasteiger partial charge in [-0.3, -0.25) is 9.69 Å². The van der Waals surface area contributed by atoms with Gasteiger partial charge in [-0.15, -0.1) is 0 Å². The Labute approximate surface area is 166 Å². The summed E-state index contributed by atoms with van der Waals surface area (Å²) >= 11 is 0. The van der Waals surface area contributed by atoms with Crippen LogP contribution in [0.25, 0.3) is 0 Å². The molecule has 0 spiro atoms. The van der Waals surface area contributed by atoms with E-state index in [1.54, 1.807) is 10.4 Å². The van der Waals surface area contributed by atoms with Gasteiger partial charge in [-0.1, -0.05) is 6.07 Å². The molecule has 0 amide bonds. The molecular weight excluding hydrogens is 374 g/mol. The molecule has 1 saturated heterocycles. The van der Waals surface area contributed by atoms with Crippen molar-refractivity contribution in [3.8, 4) is 0 Å². The minimum atomic E-state index is -3.47. The molecule has 2 aliphatic rings. The Morgan fingerprint density at radius 1 is 1.04 bits per heavy atom. The van der Waals surface area contributed by atoms with Gasteiger partial charge < -0.3 is 4.98 Å². The van der Waals surface area contributed by atoms with Crippen LogP contribution in [0.5, 0.6) is 0 Å². The van der Waals surface area contributed by atoms with Crippen molar-refractivity contribution in [2.45, 2.75) is 38.0 Å². The summed E-state index contributed by atoms with van der Waals surface area (Å²) in [5.41, 5.74) is 5.04. The van der Waals surface area contributed by atoms with Gasteiger partial charge in [0.25, 0.3) is 0 Å². The van der Waals surface area contributed by atoms with Gasteiger partial charge in [-0.05, 0) is 62.4 Å². The average molecular weight is 402 g/mol. The number of fused-ring (bicyclic) bond motifs is 1. The third kappa shape index (κ3) is 3.66. The maximum absolute atomic E-state index is 13.0. The Bertz CT molecular complexity index is 1000. The molecule has 1 N–H and O–H groups in total. The van der Waals surface area contributed by atoms with Gasteiger partial charge in [-0.25, -0.2) is 8.42 Å². The number of aryl methyl sites for hydroxylation is 4. The highest BCUT2D eigenvalue weighted by Gasteiger charge is 2.30. The summed E-state index contributed by atoms with van der Waals surface area (Å²) in [6, 6.07) is 7.44. The molecule has 0 atom stereocenters. The highest BCUT2D eigenvalue weighted by atomic mass is 32.2. The Hall–Kier alpha value is -1.96. The van der Waals surface area contributed by atoms with Crippen molar-refractivity contribution in [1.82, 2.24) is 14.2 Å². The first-order valence-corrected chi connectivity index (χ1v) is 11.3. The summed E-state index contributed by atoms with van der Waals surface area (Å²) in [5.74, 6) is 0.0804. The maximum Gasteiger partial charge on any atom is 0.243 e. The maximum atomic E-state index is 13.0. The summed E-state index contributed by atoms with van der Waals surface area (Å²) in [7, 11) is -3.47. The lowest BCUT2D eigenvalue weighted by molar-refractivity contribution is 0.0901. The van der Waals surface area contributed by atoms with E-state index in [0.29, 0.717) is 37.6 Å². The lowest BCUT2D eigenvalue weighted by atomic mass is 10.1. The van der Waals surface area contributed by atoms with E-state index in [1.165, 1.54) is 11.1 Å². The molecule has 1 aliphatic carbocycles. The first kappa shape index (κ1) is 19.4. The fraction of sp³-hybridized carbons (Fsp3) is 0.476. The number of Topliss-reactive ketones (excluding diaryl/α,β-unsaturated/α-hetero) is 1. The second-order valence-electron chi connectivity index (χ2n) is 7.88. The van der Waals surface area contributed by atoms with Gasteiger partial charge in [0.2, 0.25) is 10.0 Å². The van der Waals surface area contributed by atoms with Gasteiger partial charge >= 0.3 is 0 Å². The molecule has 150 valence electrons. The molecule has 4 rings (SSSR count). The van der Waals surface area contributed by atoms with E-state index in [4.69, 9.17) is 0 Å². The second-order valence-corrected chi connectivity index (χ2v) is 9.82. The monoisotopic (exact) mass is 401 g/mol. The predicted molar refractivity (Wildman–Crippen MR) is 108 cm³/mol. The number of aromatic amines is 1. The SMILES string of the molecule is Cc1cc(C(=O)CN2CCN(S(=O)(=O)c3ccc4c(c3)CCC4)CC2)c(C)[nH]1. The van der Waals surface area contributed by atoms with Crippen molar-refractivity contribution >= 4 is 15.8 Å². The number of ketones is 1. The van der Waals surface area contributed by atoms with Crippen molar-refractivity contribution in [2.24, 2.45) is 0 Å². The largest absolute Gasteiger partial charge is 0.362 e. The standard InChI is InChI=1S/C21H27N3O3S/c1-15-12-20(16(2)22-15)21(25)14-23-8-10-24(11-9-23)28(26,27)19-7-6-17-4-3-5-18(17)13-19/h6-7,12-13,22H,3-5,8-11,14H2,1-2H3. The van der Waals surface area contributed by atoms with E-state index in [0.717, 1.165) is 36.2 Å². The Balaban J connectivity index is 1.39. The average Bonchev–Trinajstić information content (AvgIpc) is 3.27. The first-order valence-electron chi connectivity index (χ1n) is 9.88. The zero-order valence-electron chi connectivity index (χ0n) is 16.5. The molecule has 0 unspecified atom stereocenters. The fourth-order valence-corrected chi connectivity index (χ4v) is 5.76. The van der Waals surface area contributed by atoms with Gasteiger partial charge in [0.1, 0.15) is 0 Å². The van der Waals surface area contributed by atoms with Gasteiger partial charge in [0, 0.05) is 43.1 Å². The van der Waals surface area contributed by atoms with Crippen LogP contribution >= 0.6 is 0 Å². The van der Waals surface area contributed by atoms with E-state index < -0.39 is 10.0 Å². The molecule has 1 fully saturated rings. The van der Waals surface area contributed by atoms with E-state index in [2.05, 4.69) is 4.98 Å². The molecule has 1 aromatic heterocycles. The van der Waals surface area contributed by atoms with Crippen LogP contribution in [-0.2, 0) is 22.9 Å². The smallest absolute Gasteiger partial charge is 0.243 e. The number of H-pyrrole nitrogens is 1. The van der Waals surface area contributed by atoms with Crippen molar-refractivity contribution < 1.29 is 13.2 Å². The predicted octanol–water partition coefficient (Wildman–Crippen LogP) is 2.31. The summed E-state index contributed by atoms with van der Waals surface area (Å²) in [6.45, 7) is 6.13. The molecule has 0 saturated carbocycles. The van der Waals surface area contributed by atoms with Crippen LogP contribution in [0.1, 0.15) is 39.3 Å². The van der Waals surface area contributed by atoms with E-state index in [9.17, 15) is 13.2 Å². The van der Waals surface area contributed by atoms with Crippen molar-refractivity contribution in [1.29, 1.82) is 0 Å². The minimum absolute atomic E-state index is 0.0804.